The normalized spacial score (nSPS) is 14.7. The number of imide groups is 1. The zero-order valence-corrected chi connectivity index (χ0v) is 24.1. The topological polar surface area (TPSA) is 84.0 Å². The van der Waals surface area contributed by atoms with Gasteiger partial charge in [-0.15, -0.1) is 0 Å². The molecule has 8 heteroatoms. The van der Waals surface area contributed by atoms with Gasteiger partial charge in [0.1, 0.15) is 6.61 Å². The van der Waals surface area contributed by atoms with Crippen LogP contribution in [0, 0.1) is 0 Å². The summed E-state index contributed by atoms with van der Waals surface area (Å²) in [4.78, 5) is 57.9. The van der Waals surface area contributed by atoms with Gasteiger partial charge < -0.3 is 9.64 Å². The summed E-state index contributed by atoms with van der Waals surface area (Å²) in [6.07, 6.45) is 0. The van der Waals surface area contributed by atoms with Crippen LogP contribution in [0.1, 0.15) is 50.4 Å². The van der Waals surface area contributed by atoms with E-state index in [1.807, 2.05) is 36.4 Å². The predicted octanol–water partition coefficient (Wildman–Crippen LogP) is 5.90. The molecule has 206 valence electrons. The van der Waals surface area contributed by atoms with Gasteiger partial charge in [-0.05, 0) is 47.9 Å². The Bertz CT molecular complexity index is 1570. The molecule has 7 nitrogen and oxygen atoms in total. The molecule has 0 radical (unpaired) electrons. The molecule has 1 aliphatic heterocycles. The van der Waals surface area contributed by atoms with E-state index in [2.05, 4.69) is 15.9 Å². The van der Waals surface area contributed by atoms with Crippen molar-refractivity contribution in [3.63, 3.8) is 0 Å². The average Bonchev–Trinajstić information content (AvgIpc) is 3.26. The van der Waals surface area contributed by atoms with Gasteiger partial charge in [-0.25, -0.2) is 4.79 Å². The number of rotatable bonds is 8. The first-order chi connectivity index (χ1) is 19.7. The Morgan fingerprint density at radius 3 is 1.88 bits per heavy atom. The van der Waals surface area contributed by atoms with Crippen molar-refractivity contribution in [2.75, 3.05) is 7.05 Å². The minimum atomic E-state index is -1.78. The number of hydrogen-bond acceptors (Lipinski definition) is 5. The van der Waals surface area contributed by atoms with E-state index in [4.69, 9.17) is 4.74 Å². The maximum atomic E-state index is 14.6. The highest BCUT2D eigenvalue weighted by Crippen LogP contribution is 2.39. The van der Waals surface area contributed by atoms with E-state index < -0.39 is 35.3 Å². The van der Waals surface area contributed by atoms with Gasteiger partial charge in [0.15, 0.2) is 11.6 Å². The maximum Gasteiger partial charge on any atom is 0.333 e. The molecule has 2 unspecified atom stereocenters. The SMILES string of the molecule is CN(C(=O)C(C)(c1ccc(Br)cc1)N1C(=O)c2ccccc2C1=O)C(C(=O)OCc1ccccc1)c1ccccc1. The molecular weight excluding hydrogens is 584 g/mol. The lowest BCUT2D eigenvalue weighted by Crippen LogP contribution is -2.58. The third-order valence-corrected chi connectivity index (χ3v) is 7.86. The van der Waals surface area contributed by atoms with Crippen LogP contribution in [0.25, 0.3) is 0 Å². The Labute approximate surface area is 246 Å². The van der Waals surface area contributed by atoms with Gasteiger partial charge in [0, 0.05) is 11.5 Å². The lowest BCUT2D eigenvalue weighted by atomic mass is 9.87. The minimum absolute atomic E-state index is 0.0213. The number of esters is 1. The lowest BCUT2D eigenvalue weighted by molar-refractivity contribution is -0.158. The zero-order valence-electron chi connectivity index (χ0n) is 22.5. The molecule has 0 aliphatic carbocycles. The molecule has 4 aromatic carbocycles. The van der Waals surface area contributed by atoms with Crippen LogP contribution in [0.2, 0.25) is 0 Å². The average molecular weight is 611 g/mol. The molecule has 41 heavy (non-hydrogen) atoms. The Morgan fingerprint density at radius 2 is 1.32 bits per heavy atom. The number of nitrogens with zero attached hydrogens (tertiary/aromatic N) is 2. The summed E-state index contributed by atoms with van der Waals surface area (Å²) in [5.74, 6) is -2.43. The number of benzene rings is 4. The van der Waals surface area contributed by atoms with E-state index in [0.29, 0.717) is 11.1 Å². The third kappa shape index (κ3) is 5.18. The fourth-order valence-corrected chi connectivity index (χ4v) is 5.40. The minimum Gasteiger partial charge on any atom is -0.459 e. The second-order valence-corrected chi connectivity index (χ2v) is 10.8. The smallest absolute Gasteiger partial charge is 0.333 e. The maximum absolute atomic E-state index is 14.6. The van der Waals surface area contributed by atoms with E-state index in [0.717, 1.165) is 14.9 Å². The Morgan fingerprint density at radius 1 is 0.805 bits per heavy atom. The Balaban J connectivity index is 1.57. The number of carbonyl (C=O) groups is 4. The van der Waals surface area contributed by atoms with Crippen LogP contribution in [0.15, 0.2) is 114 Å². The molecule has 2 atom stereocenters. The Hall–Kier alpha value is -4.56. The van der Waals surface area contributed by atoms with Crippen LogP contribution in [0.3, 0.4) is 0 Å². The lowest BCUT2D eigenvalue weighted by Gasteiger charge is -2.40. The first-order valence-electron chi connectivity index (χ1n) is 13.0. The van der Waals surface area contributed by atoms with Crippen LogP contribution >= 0.6 is 15.9 Å². The van der Waals surface area contributed by atoms with Crippen molar-refractivity contribution >= 4 is 39.6 Å². The highest BCUT2D eigenvalue weighted by molar-refractivity contribution is 9.10. The van der Waals surface area contributed by atoms with Crippen LogP contribution < -0.4 is 0 Å². The van der Waals surface area contributed by atoms with Crippen molar-refractivity contribution in [1.82, 2.24) is 9.80 Å². The number of halogens is 1. The molecule has 0 saturated carbocycles. The summed E-state index contributed by atoms with van der Waals surface area (Å²) >= 11 is 3.41. The fraction of sp³-hybridized carbons (Fsp3) is 0.152. The van der Waals surface area contributed by atoms with E-state index in [-0.39, 0.29) is 17.7 Å². The summed E-state index contributed by atoms with van der Waals surface area (Å²) < 4.78 is 6.44. The van der Waals surface area contributed by atoms with Crippen LogP contribution in [-0.4, -0.2) is 40.5 Å². The van der Waals surface area contributed by atoms with Crippen LogP contribution in [0.4, 0.5) is 0 Å². The number of amides is 3. The van der Waals surface area contributed by atoms with Gasteiger partial charge in [0.05, 0.1) is 11.1 Å². The molecule has 1 heterocycles. The number of ether oxygens (including phenoxy) is 1. The molecule has 0 aromatic heterocycles. The molecule has 1 aliphatic rings. The predicted molar refractivity (Wildman–Crippen MR) is 157 cm³/mol. The highest BCUT2D eigenvalue weighted by atomic mass is 79.9. The van der Waals surface area contributed by atoms with Gasteiger partial charge in [-0.3, -0.25) is 19.3 Å². The number of carbonyl (C=O) groups excluding carboxylic acids is 4. The van der Waals surface area contributed by atoms with Crippen molar-refractivity contribution in [3.05, 3.63) is 141 Å². The molecule has 3 amide bonds. The molecule has 4 aromatic rings. The monoisotopic (exact) mass is 610 g/mol. The van der Waals surface area contributed by atoms with E-state index in [1.165, 1.54) is 18.9 Å². The molecule has 0 spiro atoms. The summed E-state index contributed by atoms with van der Waals surface area (Å²) in [6, 6.07) is 30.2. The fourth-order valence-electron chi connectivity index (χ4n) is 5.14. The molecule has 5 rings (SSSR count). The summed E-state index contributed by atoms with van der Waals surface area (Å²) in [7, 11) is 1.49. The molecule has 0 fully saturated rings. The van der Waals surface area contributed by atoms with Crippen molar-refractivity contribution < 1.29 is 23.9 Å². The van der Waals surface area contributed by atoms with Crippen LogP contribution in [0.5, 0.6) is 0 Å². The second-order valence-electron chi connectivity index (χ2n) is 9.89. The molecule has 0 saturated heterocycles. The van der Waals surface area contributed by atoms with Crippen molar-refractivity contribution in [2.24, 2.45) is 0 Å². The highest BCUT2D eigenvalue weighted by Gasteiger charge is 2.54. The van der Waals surface area contributed by atoms with Gasteiger partial charge in [0.25, 0.3) is 17.7 Å². The number of hydrogen-bond donors (Lipinski definition) is 0. The largest absolute Gasteiger partial charge is 0.459 e. The quantitative estimate of drug-likeness (QED) is 0.183. The summed E-state index contributed by atoms with van der Waals surface area (Å²) in [6.45, 7) is 1.56. The molecular formula is C33H27BrN2O5. The third-order valence-electron chi connectivity index (χ3n) is 7.33. The summed E-state index contributed by atoms with van der Waals surface area (Å²) in [5.41, 5.74) is 0.400. The Kier molecular flexibility index (Phi) is 7.85. The summed E-state index contributed by atoms with van der Waals surface area (Å²) in [5, 5.41) is 0. The van der Waals surface area contributed by atoms with E-state index >= 15 is 0 Å². The van der Waals surface area contributed by atoms with E-state index in [1.54, 1.807) is 72.8 Å². The van der Waals surface area contributed by atoms with Crippen molar-refractivity contribution in [3.8, 4) is 0 Å². The first kappa shape index (κ1) is 28.0. The van der Waals surface area contributed by atoms with Gasteiger partial charge in [-0.2, -0.15) is 0 Å². The van der Waals surface area contributed by atoms with Gasteiger partial charge in [0.2, 0.25) is 0 Å². The number of likely N-dealkylation sites (N-methyl/N-ethyl adjacent to an activating group) is 1. The standard InChI is InChI=1S/C33H27BrN2O5/c1-33(24-17-19-25(34)20-18-24,36-29(37)26-15-9-10-16-27(26)30(36)38)32(40)35(2)28(23-13-7-4-8-14-23)31(39)41-21-22-11-5-3-6-12-22/h3-20,28H,21H2,1-2H3. The van der Waals surface area contributed by atoms with Crippen molar-refractivity contribution in [1.29, 1.82) is 0 Å². The zero-order chi connectivity index (χ0) is 29.1. The van der Waals surface area contributed by atoms with Crippen LogP contribution in [-0.2, 0) is 26.5 Å². The molecule has 0 bridgehead atoms. The molecule has 0 N–H and O–H groups in total. The first-order valence-corrected chi connectivity index (χ1v) is 13.8. The number of fused-ring (bicyclic) bond motifs is 1. The van der Waals surface area contributed by atoms with Gasteiger partial charge in [-0.1, -0.05) is 101 Å². The van der Waals surface area contributed by atoms with Crippen molar-refractivity contribution in [2.45, 2.75) is 25.1 Å². The van der Waals surface area contributed by atoms with Gasteiger partial charge >= 0.3 is 5.97 Å². The second kappa shape index (κ2) is 11.5. The van der Waals surface area contributed by atoms with E-state index in [9.17, 15) is 19.2 Å².